The summed E-state index contributed by atoms with van der Waals surface area (Å²) in [6, 6.07) is 0. The van der Waals surface area contributed by atoms with Crippen LogP contribution in [0.5, 0.6) is 0 Å². The normalized spacial score (nSPS) is 37.6. The summed E-state index contributed by atoms with van der Waals surface area (Å²) in [5, 5.41) is 0. The van der Waals surface area contributed by atoms with E-state index in [0.29, 0.717) is 0 Å². The van der Waals surface area contributed by atoms with E-state index in [9.17, 15) is 0 Å². The van der Waals surface area contributed by atoms with Gasteiger partial charge < -0.3 is 4.74 Å². The van der Waals surface area contributed by atoms with Crippen LogP contribution in [0.2, 0.25) is 0 Å². The smallest absolute Gasteiger partial charge is 0.0754 e. The Labute approximate surface area is 58.1 Å². The molecular weight excluding hydrogens is 112 g/mol. The predicted molar refractivity (Wildman–Crippen MR) is 38.4 cm³/mol. The Morgan fingerprint density at radius 2 is 2.67 bits per heavy atom. The maximum atomic E-state index is 7.70. The zero-order valence-electron chi connectivity index (χ0n) is 7.11. The molecule has 0 radical (unpaired) electrons. The van der Waals surface area contributed by atoms with E-state index in [1.807, 2.05) is 6.08 Å². The maximum Gasteiger partial charge on any atom is 0.0754 e. The van der Waals surface area contributed by atoms with Gasteiger partial charge in [0.15, 0.2) is 0 Å². The Morgan fingerprint density at radius 3 is 3.11 bits per heavy atom. The van der Waals surface area contributed by atoms with Crippen molar-refractivity contribution in [1.29, 1.82) is 0 Å². The van der Waals surface area contributed by atoms with Crippen LogP contribution < -0.4 is 0 Å². The molecule has 0 aromatic rings. The number of allylic oxidation sites excluding steroid dienone is 1. The van der Waals surface area contributed by atoms with Gasteiger partial charge in [0.1, 0.15) is 0 Å². The quantitative estimate of drug-likeness (QED) is 0.490. The first-order valence-corrected chi connectivity index (χ1v) is 3.40. The van der Waals surface area contributed by atoms with E-state index in [4.69, 9.17) is 6.11 Å². The van der Waals surface area contributed by atoms with Crippen LogP contribution in [0.4, 0.5) is 0 Å². The third kappa shape index (κ3) is 1.83. The molecule has 1 nitrogen and oxygen atoms in total. The topological polar surface area (TPSA) is 9.23 Å². The van der Waals surface area contributed by atoms with Crippen molar-refractivity contribution < 1.29 is 6.11 Å². The minimum absolute atomic E-state index is 0.720. The van der Waals surface area contributed by atoms with Crippen molar-refractivity contribution in [2.75, 3.05) is 7.11 Å². The molecule has 1 aliphatic carbocycles. The Hall–Kier alpha value is -0.300. The van der Waals surface area contributed by atoms with Crippen molar-refractivity contribution in [2.45, 2.75) is 32.3 Å². The van der Waals surface area contributed by atoms with Gasteiger partial charge in [-0.25, -0.2) is 0 Å². The Morgan fingerprint density at radius 1 is 1.89 bits per heavy atom. The van der Waals surface area contributed by atoms with Gasteiger partial charge in [0.25, 0.3) is 0 Å². The van der Waals surface area contributed by atoms with Crippen LogP contribution in [0.15, 0.2) is 11.6 Å². The van der Waals surface area contributed by atoms with E-state index < -0.39 is 6.08 Å². The number of ether oxygens (including phenoxy) is 1. The van der Waals surface area contributed by atoms with Crippen LogP contribution in [0.25, 0.3) is 0 Å². The molecule has 9 heavy (non-hydrogen) atoms. The van der Waals surface area contributed by atoms with E-state index in [0.717, 1.165) is 19.3 Å². The minimum atomic E-state index is -0.720. The third-order valence-electron chi connectivity index (χ3n) is 1.66. The van der Waals surface area contributed by atoms with Crippen molar-refractivity contribution in [3.8, 4) is 0 Å². The van der Waals surface area contributed by atoms with Crippen LogP contribution >= 0.6 is 0 Å². The summed E-state index contributed by atoms with van der Waals surface area (Å²) in [5.41, 5.74) is 1.28. The molecule has 0 aromatic heterocycles. The first-order valence-electron chi connectivity index (χ1n) is 3.90. The minimum Gasteiger partial charge on any atom is -0.377 e. The lowest BCUT2D eigenvalue weighted by Crippen LogP contribution is -2.11. The van der Waals surface area contributed by atoms with Crippen LogP contribution in [0.3, 0.4) is 0 Å². The van der Waals surface area contributed by atoms with Crippen LogP contribution in [-0.4, -0.2) is 13.2 Å². The molecule has 0 fully saturated rings. The zero-order valence-corrected chi connectivity index (χ0v) is 6.11. The molecular formula is C8H14O. The second-order valence-corrected chi connectivity index (χ2v) is 2.51. The molecule has 0 aliphatic heterocycles. The molecule has 1 atom stereocenters. The van der Waals surface area contributed by atoms with Crippen molar-refractivity contribution >= 4 is 0 Å². The average Bonchev–Trinajstić information content (AvgIpc) is 1.88. The molecule has 1 aliphatic rings. The van der Waals surface area contributed by atoms with Crippen molar-refractivity contribution in [3.05, 3.63) is 11.6 Å². The van der Waals surface area contributed by atoms with Crippen molar-refractivity contribution in [1.82, 2.24) is 0 Å². The summed E-state index contributed by atoms with van der Waals surface area (Å²) in [7, 11) is 1.60. The van der Waals surface area contributed by atoms with E-state index in [1.54, 1.807) is 7.11 Å². The van der Waals surface area contributed by atoms with Gasteiger partial charge in [0.2, 0.25) is 0 Å². The highest BCUT2D eigenvalue weighted by molar-refractivity contribution is 5.05. The summed E-state index contributed by atoms with van der Waals surface area (Å²) in [6.45, 7) is 2.06. The molecule has 0 saturated carbocycles. The number of rotatable bonds is 1. The SMILES string of the molecule is [2H]C1(OC)C=C(C)CCC1. The van der Waals surface area contributed by atoms with Crippen molar-refractivity contribution in [3.63, 3.8) is 0 Å². The molecule has 1 rings (SSSR count). The van der Waals surface area contributed by atoms with Gasteiger partial charge >= 0.3 is 0 Å². The van der Waals surface area contributed by atoms with E-state index in [-0.39, 0.29) is 0 Å². The summed E-state index contributed by atoms with van der Waals surface area (Å²) in [5.74, 6) is 0. The fourth-order valence-electron chi connectivity index (χ4n) is 1.12. The van der Waals surface area contributed by atoms with Gasteiger partial charge in [-0.15, -0.1) is 0 Å². The number of methoxy groups -OCH3 is 1. The zero-order chi connectivity index (χ0) is 7.61. The lowest BCUT2D eigenvalue weighted by atomic mass is 9.99. The maximum absolute atomic E-state index is 7.70. The number of hydrogen-bond acceptors (Lipinski definition) is 1. The summed E-state index contributed by atoms with van der Waals surface area (Å²) >= 11 is 0. The molecule has 0 spiro atoms. The lowest BCUT2D eigenvalue weighted by Gasteiger charge is -2.17. The van der Waals surface area contributed by atoms with E-state index in [1.165, 1.54) is 5.57 Å². The van der Waals surface area contributed by atoms with Gasteiger partial charge in [-0.1, -0.05) is 11.6 Å². The highest BCUT2D eigenvalue weighted by atomic mass is 16.5. The molecule has 0 N–H and O–H groups in total. The van der Waals surface area contributed by atoms with Crippen LogP contribution in [0, 0.1) is 0 Å². The molecule has 0 amide bonds. The van der Waals surface area contributed by atoms with E-state index >= 15 is 0 Å². The van der Waals surface area contributed by atoms with Gasteiger partial charge in [-0.05, 0) is 26.2 Å². The Kier molecular flexibility index (Phi) is 1.84. The standard InChI is InChI=1S/C8H14O/c1-7-4-3-5-8(6-7)9-2/h6,8H,3-5H2,1-2H3/i8D. The molecule has 52 valence electrons. The second kappa shape index (κ2) is 3.02. The van der Waals surface area contributed by atoms with Gasteiger partial charge in [-0.3, -0.25) is 0 Å². The first kappa shape index (κ1) is 5.48. The molecule has 1 unspecified atom stereocenters. The van der Waals surface area contributed by atoms with Crippen molar-refractivity contribution in [2.24, 2.45) is 0 Å². The monoisotopic (exact) mass is 127 g/mol. The van der Waals surface area contributed by atoms with Gasteiger partial charge in [0, 0.05) is 7.11 Å². The second-order valence-electron chi connectivity index (χ2n) is 2.51. The first-order chi connectivity index (χ1) is 4.66. The summed E-state index contributed by atoms with van der Waals surface area (Å²) in [4.78, 5) is 0. The number of hydrogen-bond donors (Lipinski definition) is 0. The molecule has 0 bridgehead atoms. The van der Waals surface area contributed by atoms with Gasteiger partial charge in [0.05, 0.1) is 7.45 Å². The molecule has 0 aromatic carbocycles. The summed E-state index contributed by atoms with van der Waals surface area (Å²) in [6.07, 6.45) is 4.24. The fourth-order valence-corrected chi connectivity index (χ4v) is 1.12. The average molecular weight is 127 g/mol. The highest BCUT2D eigenvalue weighted by Crippen LogP contribution is 2.18. The lowest BCUT2D eigenvalue weighted by molar-refractivity contribution is 0.126. The van der Waals surface area contributed by atoms with Crippen LogP contribution in [0.1, 0.15) is 27.6 Å². The third-order valence-corrected chi connectivity index (χ3v) is 1.66. The Bertz CT molecular complexity index is 153. The highest BCUT2D eigenvalue weighted by Gasteiger charge is 2.08. The van der Waals surface area contributed by atoms with E-state index in [2.05, 4.69) is 6.92 Å². The van der Waals surface area contributed by atoms with Crippen LogP contribution in [-0.2, 0) is 4.74 Å². The largest absolute Gasteiger partial charge is 0.377 e. The summed E-state index contributed by atoms with van der Waals surface area (Å²) < 4.78 is 12.7. The molecule has 1 heteroatoms. The van der Waals surface area contributed by atoms with Gasteiger partial charge in [-0.2, -0.15) is 0 Å². The Balaban J connectivity index is 2.69. The molecule has 0 saturated heterocycles. The predicted octanol–water partition coefficient (Wildman–Crippen LogP) is 2.13. The molecule has 0 heterocycles. The fraction of sp³-hybridized carbons (Fsp3) is 0.750.